The van der Waals surface area contributed by atoms with Crippen LogP contribution in [0.15, 0.2) is 12.1 Å². The van der Waals surface area contributed by atoms with Crippen molar-refractivity contribution >= 4 is 22.8 Å². The first-order valence-corrected chi connectivity index (χ1v) is 12.9. The number of carbonyl (C=O) groups excluding carboxylic acids is 2. The van der Waals surface area contributed by atoms with E-state index in [0.717, 1.165) is 12.8 Å². The number of aliphatic hydroxyl groups is 1. The van der Waals surface area contributed by atoms with E-state index >= 15 is 0 Å². The molecule has 3 aromatic rings. The lowest BCUT2D eigenvalue weighted by atomic mass is 10.0. The Morgan fingerprint density at radius 3 is 2.55 bits per heavy atom. The number of piperidine rings is 1. The number of rotatable bonds is 8. The van der Waals surface area contributed by atoms with E-state index in [-0.39, 0.29) is 23.6 Å². The molecular weight excluding hydrogens is 493 g/mol. The lowest BCUT2D eigenvalue weighted by Gasteiger charge is -2.32. The minimum atomic E-state index is -0.529. The van der Waals surface area contributed by atoms with Gasteiger partial charge in [-0.15, -0.1) is 0 Å². The molecule has 10 nitrogen and oxygen atoms in total. The standard InChI is InChI=1S/C27H32FN5O5/c1-14-23(27(36)32-17-6-8-33(9-7-17)22(35)12-34)25-26(29-14)24(30-15(2)31-25)18-10-21(37-3)19(28)11-20(18)38-13-16-4-5-16/h10-11,16-17,29,34H,4-9,12-13H2,1-3H3,(H,32,36). The van der Waals surface area contributed by atoms with Crippen molar-refractivity contribution in [2.75, 3.05) is 33.4 Å². The summed E-state index contributed by atoms with van der Waals surface area (Å²) in [6.07, 6.45) is 3.37. The molecule has 2 amide bonds. The number of halogens is 1. The average molecular weight is 526 g/mol. The van der Waals surface area contributed by atoms with Crippen LogP contribution in [-0.4, -0.2) is 76.2 Å². The maximum Gasteiger partial charge on any atom is 0.255 e. The average Bonchev–Trinajstić information content (AvgIpc) is 3.67. The second kappa shape index (κ2) is 10.6. The van der Waals surface area contributed by atoms with Crippen LogP contribution in [0.1, 0.15) is 47.6 Å². The zero-order valence-corrected chi connectivity index (χ0v) is 21.8. The maximum atomic E-state index is 14.6. The van der Waals surface area contributed by atoms with Crippen LogP contribution in [0.5, 0.6) is 11.5 Å². The lowest BCUT2D eigenvalue weighted by Crippen LogP contribution is -2.47. The molecule has 1 saturated carbocycles. The normalized spacial score (nSPS) is 16.1. The second-order valence-electron chi connectivity index (χ2n) is 9.99. The number of benzene rings is 1. The van der Waals surface area contributed by atoms with Gasteiger partial charge in [0.1, 0.15) is 29.4 Å². The summed E-state index contributed by atoms with van der Waals surface area (Å²) in [5.41, 5.74) is 3.10. The first-order valence-electron chi connectivity index (χ1n) is 12.9. The Balaban J connectivity index is 1.48. The molecule has 0 atom stereocenters. The fraction of sp³-hybridized carbons (Fsp3) is 0.481. The van der Waals surface area contributed by atoms with Crippen LogP contribution in [-0.2, 0) is 4.79 Å². The highest BCUT2D eigenvalue weighted by atomic mass is 19.1. The molecule has 0 bridgehead atoms. The van der Waals surface area contributed by atoms with Crippen molar-refractivity contribution in [3.05, 3.63) is 35.0 Å². The van der Waals surface area contributed by atoms with E-state index in [9.17, 15) is 14.0 Å². The second-order valence-corrected chi connectivity index (χ2v) is 9.99. The molecule has 1 aliphatic carbocycles. The van der Waals surface area contributed by atoms with Gasteiger partial charge in [0, 0.05) is 36.5 Å². The van der Waals surface area contributed by atoms with Crippen molar-refractivity contribution in [3.63, 3.8) is 0 Å². The molecule has 11 heteroatoms. The fourth-order valence-electron chi connectivity index (χ4n) is 4.89. The number of fused-ring (bicyclic) bond motifs is 1. The number of aromatic nitrogens is 3. The van der Waals surface area contributed by atoms with Gasteiger partial charge in [-0.1, -0.05) is 0 Å². The number of carbonyl (C=O) groups is 2. The summed E-state index contributed by atoms with van der Waals surface area (Å²) in [4.78, 5) is 39.3. The van der Waals surface area contributed by atoms with E-state index in [2.05, 4.69) is 20.3 Å². The molecule has 5 rings (SSSR count). The zero-order chi connectivity index (χ0) is 27.0. The smallest absolute Gasteiger partial charge is 0.255 e. The van der Waals surface area contributed by atoms with E-state index in [1.807, 2.05) is 0 Å². The maximum absolute atomic E-state index is 14.6. The third-order valence-electron chi connectivity index (χ3n) is 7.17. The number of hydrogen-bond donors (Lipinski definition) is 3. The largest absolute Gasteiger partial charge is 0.494 e. The Bertz CT molecular complexity index is 1380. The number of likely N-dealkylation sites (tertiary alicyclic amines) is 1. The molecule has 2 fully saturated rings. The molecule has 1 aromatic carbocycles. The van der Waals surface area contributed by atoms with Gasteiger partial charge in [0.05, 0.1) is 24.8 Å². The molecule has 0 spiro atoms. The molecule has 2 aromatic heterocycles. The molecular formula is C27H32FN5O5. The van der Waals surface area contributed by atoms with Crippen LogP contribution in [0.3, 0.4) is 0 Å². The lowest BCUT2D eigenvalue weighted by molar-refractivity contribution is -0.135. The van der Waals surface area contributed by atoms with Crippen LogP contribution in [0.25, 0.3) is 22.3 Å². The molecule has 0 unspecified atom stereocenters. The Labute approximate surface area is 219 Å². The Hall–Kier alpha value is -3.73. The summed E-state index contributed by atoms with van der Waals surface area (Å²) in [7, 11) is 1.40. The van der Waals surface area contributed by atoms with Gasteiger partial charge in [-0.3, -0.25) is 9.59 Å². The van der Waals surface area contributed by atoms with Gasteiger partial charge in [-0.25, -0.2) is 14.4 Å². The molecule has 2 aliphatic rings. The topological polar surface area (TPSA) is 130 Å². The Morgan fingerprint density at radius 1 is 1.16 bits per heavy atom. The van der Waals surface area contributed by atoms with Crippen molar-refractivity contribution in [1.82, 2.24) is 25.2 Å². The summed E-state index contributed by atoms with van der Waals surface area (Å²) in [6, 6.07) is 2.77. The third kappa shape index (κ3) is 5.15. The number of nitrogens with one attached hydrogen (secondary N) is 2. The van der Waals surface area contributed by atoms with Crippen LogP contribution in [0.2, 0.25) is 0 Å². The number of aliphatic hydroxyl groups excluding tert-OH is 1. The molecule has 38 heavy (non-hydrogen) atoms. The summed E-state index contributed by atoms with van der Waals surface area (Å²) < 4.78 is 25.9. The predicted octanol–water partition coefficient (Wildman–Crippen LogP) is 2.89. The number of ether oxygens (including phenoxy) is 2. The number of aromatic amines is 1. The van der Waals surface area contributed by atoms with Crippen LogP contribution in [0, 0.1) is 25.6 Å². The van der Waals surface area contributed by atoms with Gasteiger partial charge in [0.15, 0.2) is 11.6 Å². The molecule has 1 saturated heterocycles. The van der Waals surface area contributed by atoms with Crippen molar-refractivity contribution in [2.24, 2.45) is 5.92 Å². The SMILES string of the molecule is COc1cc(-c2nc(C)nc3c(C(=O)NC4CCN(C(=O)CO)CC4)c(C)[nH]c23)c(OCC2CC2)cc1F. The van der Waals surface area contributed by atoms with E-state index in [0.29, 0.717) is 83.6 Å². The van der Waals surface area contributed by atoms with Crippen molar-refractivity contribution < 1.29 is 28.6 Å². The van der Waals surface area contributed by atoms with Gasteiger partial charge >= 0.3 is 0 Å². The van der Waals surface area contributed by atoms with E-state index in [1.54, 1.807) is 24.8 Å². The Kier molecular flexibility index (Phi) is 7.20. The number of nitrogens with zero attached hydrogens (tertiary/aromatic N) is 3. The molecule has 202 valence electrons. The van der Waals surface area contributed by atoms with Gasteiger partial charge in [0.2, 0.25) is 5.91 Å². The monoisotopic (exact) mass is 525 g/mol. The van der Waals surface area contributed by atoms with Crippen molar-refractivity contribution in [1.29, 1.82) is 0 Å². The third-order valence-corrected chi connectivity index (χ3v) is 7.17. The van der Waals surface area contributed by atoms with E-state index in [1.165, 1.54) is 13.2 Å². The van der Waals surface area contributed by atoms with Gasteiger partial charge < -0.3 is 29.8 Å². The van der Waals surface area contributed by atoms with Gasteiger partial charge in [-0.05, 0) is 51.5 Å². The fourth-order valence-corrected chi connectivity index (χ4v) is 4.89. The van der Waals surface area contributed by atoms with E-state index in [4.69, 9.17) is 14.6 Å². The first-order chi connectivity index (χ1) is 18.3. The highest BCUT2D eigenvalue weighted by Crippen LogP contribution is 2.40. The zero-order valence-electron chi connectivity index (χ0n) is 21.8. The van der Waals surface area contributed by atoms with Gasteiger partial charge in [-0.2, -0.15) is 0 Å². The Morgan fingerprint density at radius 2 is 1.89 bits per heavy atom. The van der Waals surface area contributed by atoms with Crippen molar-refractivity contribution in [3.8, 4) is 22.8 Å². The van der Waals surface area contributed by atoms with E-state index < -0.39 is 12.4 Å². The number of hydrogen-bond acceptors (Lipinski definition) is 7. The van der Waals surface area contributed by atoms with Crippen LogP contribution in [0.4, 0.5) is 4.39 Å². The quantitative estimate of drug-likeness (QED) is 0.412. The summed E-state index contributed by atoms with van der Waals surface area (Å²) >= 11 is 0. The predicted molar refractivity (Wildman–Crippen MR) is 138 cm³/mol. The van der Waals surface area contributed by atoms with Crippen molar-refractivity contribution in [2.45, 2.75) is 45.6 Å². The number of aryl methyl sites for hydroxylation is 2. The number of H-pyrrole nitrogens is 1. The van der Waals surface area contributed by atoms with Crippen LogP contribution < -0.4 is 14.8 Å². The number of methoxy groups -OCH3 is 1. The molecule has 0 radical (unpaired) electrons. The van der Waals surface area contributed by atoms with Crippen LogP contribution >= 0.6 is 0 Å². The highest BCUT2D eigenvalue weighted by Gasteiger charge is 2.28. The summed E-state index contributed by atoms with van der Waals surface area (Å²) in [5.74, 6) is 0.238. The molecule has 1 aliphatic heterocycles. The first kappa shape index (κ1) is 25.9. The summed E-state index contributed by atoms with van der Waals surface area (Å²) in [5, 5.41) is 12.2. The highest BCUT2D eigenvalue weighted by molar-refractivity contribution is 6.09. The number of amides is 2. The molecule has 3 heterocycles. The minimum absolute atomic E-state index is 0.0652. The summed E-state index contributed by atoms with van der Waals surface area (Å²) in [6.45, 7) is 4.46. The molecule has 3 N–H and O–H groups in total. The van der Waals surface area contributed by atoms with Gasteiger partial charge in [0.25, 0.3) is 5.91 Å². The minimum Gasteiger partial charge on any atom is -0.494 e.